The van der Waals surface area contributed by atoms with Gasteiger partial charge in [-0.2, -0.15) is 0 Å². The fourth-order valence-electron chi connectivity index (χ4n) is 1.64. The summed E-state index contributed by atoms with van der Waals surface area (Å²) in [6, 6.07) is 0. The third kappa shape index (κ3) is 2.35. The first kappa shape index (κ1) is 11.0. The molecule has 2 aliphatic heterocycles. The fourth-order valence-corrected chi connectivity index (χ4v) is 1.64. The summed E-state index contributed by atoms with van der Waals surface area (Å²) in [5, 5.41) is 11.7. The van der Waals surface area contributed by atoms with E-state index in [0.29, 0.717) is 39.3 Å². The first-order chi connectivity index (χ1) is 7.66. The Morgan fingerprint density at radius 3 is 2.12 bits per heavy atom. The highest BCUT2D eigenvalue weighted by Crippen LogP contribution is 2.07. The maximum atomic E-state index is 11.6. The SMILES string of the molecule is O=C(O)N1CCN(C(=O)OC2CNC2)CC1. The Kier molecular flexibility index (Phi) is 3.14. The van der Waals surface area contributed by atoms with E-state index in [4.69, 9.17) is 9.84 Å². The molecule has 0 unspecified atom stereocenters. The third-order valence-electron chi connectivity index (χ3n) is 2.82. The van der Waals surface area contributed by atoms with Gasteiger partial charge in [0.05, 0.1) is 0 Å². The number of nitrogens with zero attached hydrogens (tertiary/aromatic N) is 2. The van der Waals surface area contributed by atoms with Gasteiger partial charge >= 0.3 is 12.2 Å². The monoisotopic (exact) mass is 229 g/mol. The molecule has 2 rings (SSSR count). The summed E-state index contributed by atoms with van der Waals surface area (Å²) in [6.45, 7) is 2.94. The van der Waals surface area contributed by atoms with Crippen molar-refractivity contribution in [3.8, 4) is 0 Å². The van der Waals surface area contributed by atoms with Gasteiger partial charge in [0.2, 0.25) is 0 Å². The Morgan fingerprint density at radius 1 is 1.12 bits per heavy atom. The zero-order chi connectivity index (χ0) is 11.5. The van der Waals surface area contributed by atoms with Crippen LogP contribution in [0.15, 0.2) is 0 Å². The van der Waals surface area contributed by atoms with Crippen molar-refractivity contribution in [3.63, 3.8) is 0 Å². The minimum Gasteiger partial charge on any atom is -0.465 e. The van der Waals surface area contributed by atoms with Gasteiger partial charge in [-0.15, -0.1) is 0 Å². The first-order valence-electron chi connectivity index (χ1n) is 5.31. The Balaban J connectivity index is 1.74. The number of hydrogen-bond donors (Lipinski definition) is 2. The smallest absolute Gasteiger partial charge is 0.410 e. The van der Waals surface area contributed by atoms with E-state index < -0.39 is 6.09 Å². The van der Waals surface area contributed by atoms with E-state index in [0.717, 1.165) is 0 Å². The van der Waals surface area contributed by atoms with Crippen LogP contribution in [0, 0.1) is 0 Å². The molecule has 2 aliphatic rings. The van der Waals surface area contributed by atoms with Crippen LogP contribution in [0.5, 0.6) is 0 Å². The molecule has 2 fully saturated rings. The molecule has 90 valence electrons. The number of ether oxygens (including phenoxy) is 1. The highest BCUT2D eigenvalue weighted by Gasteiger charge is 2.28. The Labute approximate surface area is 92.9 Å². The van der Waals surface area contributed by atoms with E-state index in [1.54, 1.807) is 4.90 Å². The van der Waals surface area contributed by atoms with Gasteiger partial charge in [-0.1, -0.05) is 0 Å². The number of carbonyl (C=O) groups is 2. The average molecular weight is 229 g/mol. The highest BCUT2D eigenvalue weighted by molar-refractivity contribution is 5.69. The maximum absolute atomic E-state index is 11.6. The Hall–Kier alpha value is -1.50. The van der Waals surface area contributed by atoms with Crippen molar-refractivity contribution in [1.82, 2.24) is 15.1 Å². The van der Waals surface area contributed by atoms with Crippen molar-refractivity contribution in [3.05, 3.63) is 0 Å². The van der Waals surface area contributed by atoms with Crippen molar-refractivity contribution in [2.24, 2.45) is 0 Å². The van der Waals surface area contributed by atoms with Gasteiger partial charge in [0.25, 0.3) is 0 Å². The molecule has 0 atom stereocenters. The van der Waals surface area contributed by atoms with Crippen LogP contribution >= 0.6 is 0 Å². The number of carbonyl (C=O) groups excluding carboxylic acids is 1. The van der Waals surface area contributed by atoms with Gasteiger partial charge in [0, 0.05) is 39.3 Å². The van der Waals surface area contributed by atoms with Gasteiger partial charge in [0.1, 0.15) is 6.10 Å². The lowest BCUT2D eigenvalue weighted by Gasteiger charge is -2.35. The standard InChI is InChI=1S/C9H15N3O4/c13-8(14)11-1-3-12(4-2-11)9(15)16-7-5-10-6-7/h7,10H,1-6H2,(H,13,14). The quantitative estimate of drug-likeness (QED) is 0.627. The number of carboxylic acid groups (broad SMARTS) is 1. The minimum atomic E-state index is -0.934. The first-order valence-corrected chi connectivity index (χ1v) is 5.31. The van der Waals surface area contributed by atoms with Crippen molar-refractivity contribution in [1.29, 1.82) is 0 Å². The molecule has 16 heavy (non-hydrogen) atoms. The minimum absolute atomic E-state index is 0.0231. The molecule has 0 bridgehead atoms. The lowest BCUT2D eigenvalue weighted by molar-refractivity contribution is 0.0276. The van der Waals surface area contributed by atoms with Crippen molar-refractivity contribution < 1.29 is 19.4 Å². The molecular weight excluding hydrogens is 214 g/mol. The zero-order valence-corrected chi connectivity index (χ0v) is 8.89. The molecule has 7 nitrogen and oxygen atoms in total. The second-order valence-electron chi connectivity index (χ2n) is 3.92. The second kappa shape index (κ2) is 4.56. The summed E-state index contributed by atoms with van der Waals surface area (Å²) in [5.74, 6) is 0. The number of hydrogen-bond acceptors (Lipinski definition) is 4. The number of nitrogens with one attached hydrogen (secondary N) is 1. The fraction of sp³-hybridized carbons (Fsp3) is 0.778. The average Bonchev–Trinajstić information content (AvgIpc) is 2.23. The molecule has 7 heteroatoms. The normalized spacial score (nSPS) is 21.5. The van der Waals surface area contributed by atoms with E-state index in [-0.39, 0.29) is 12.2 Å². The summed E-state index contributed by atoms with van der Waals surface area (Å²) in [6.07, 6.45) is -1.29. The maximum Gasteiger partial charge on any atom is 0.410 e. The van der Waals surface area contributed by atoms with E-state index in [2.05, 4.69) is 5.32 Å². The molecule has 2 saturated heterocycles. The lowest BCUT2D eigenvalue weighted by Crippen LogP contribution is -2.54. The Morgan fingerprint density at radius 2 is 1.69 bits per heavy atom. The molecule has 0 aromatic heterocycles. The zero-order valence-electron chi connectivity index (χ0n) is 8.89. The van der Waals surface area contributed by atoms with Crippen LogP contribution in [0.3, 0.4) is 0 Å². The largest absolute Gasteiger partial charge is 0.465 e. The Bertz CT molecular complexity index is 284. The lowest BCUT2D eigenvalue weighted by atomic mass is 10.2. The summed E-state index contributed by atoms with van der Waals surface area (Å²) >= 11 is 0. The van der Waals surface area contributed by atoms with Crippen molar-refractivity contribution in [2.45, 2.75) is 6.10 Å². The molecule has 2 N–H and O–H groups in total. The predicted octanol–water partition coefficient (Wildman–Crippen LogP) is -0.610. The van der Waals surface area contributed by atoms with Crippen LogP contribution in [-0.4, -0.2) is 72.5 Å². The van der Waals surface area contributed by atoms with Crippen LogP contribution in [0.25, 0.3) is 0 Å². The summed E-state index contributed by atoms with van der Waals surface area (Å²) in [4.78, 5) is 25.1. The molecule has 2 amide bonds. The molecule has 0 spiro atoms. The predicted molar refractivity (Wildman–Crippen MR) is 54.3 cm³/mol. The van der Waals surface area contributed by atoms with Crippen LogP contribution in [-0.2, 0) is 4.74 Å². The van der Waals surface area contributed by atoms with Crippen molar-refractivity contribution in [2.75, 3.05) is 39.3 Å². The molecule has 0 saturated carbocycles. The topological polar surface area (TPSA) is 82.1 Å². The summed E-state index contributed by atoms with van der Waals surface area (Å²) in [7, 11) is 0. The summed E-state index contributed by atoms with van der Waals surface area (Å²) in [5.41, 5.74) is 0. The highest BCUT2D eigenvalue weighted by atomic mass is 16.6. The van der Waals surface area contributed by atoms with Gasteiger partial charge in [0.15, 0.2) is 0 Å². The molecule has 2 heterocycles. The van der Waals surface area contributed by atoms with Crippen LogP contribution < -0.4 is 5.32 Å². The number of rotatable bonds is 1. The van der Waals surface area contributed by atoms with E-state index in [1.165, 1.54) is 4.90 Å². The van der Waals surface area contributed by atoms with Gasteiger partial charge < -0.3 is 25.0 Å². The van der Waals surface area contributed by atoms with E-state index >= 15 is 0 Å². The van der Waals surface area contributed by atoms with Crippen LogP contribution in [0.2, 0.25) is 0 Å². The third-order valence-corrected chi connectivity index (χ3v) is 2.82. The van der Waals surface area contributed by atoms with Gasteiger partial charge in [-0.25, -0.2) is 9.59 Å². The molecule has 0 radical (unpaired) electrons. The van der Waals surface area contributed by atoms with Gasteiger partial charge in [-0.3, -0.25) is 0 Å². The van der Waals surface area contributed by atoms with Crippen molar-refractivity contribution >= 4 is 12.2 Å². The van der Waals surface area contributed by atoms with Gasteiger partial charge in [-0.05, 0) is 0 Å². The number of amides is 2. The van der Waals surface area contributed by atoms with Crippen LogP contribution in [0.1, 0.15) is 0 Å². The van der Waals surface area contributed by atoms with Crippen LogP contribution in [0.4, 0.5) is 9.59 Å². The molecular formula is C9H15N3O4. The molecule has 0 aromatic rings. The van der Waals surface area contributed by atoms with E-state index in [9.17, 15) is 9.59 Å². The summed E-state index contributed by atoms with van der Waals surface area (Å²) < 4.78 is 5.18. The number of piperazine rings is 1. The molecule has 0 aliphatic carbocycles. The second-order valence-corrected chi connectivity index (χ2v) is 3.92. The molecule has 0 aromatic carbocycles. The van der Waals surface area contributed by atoms with E-state index in [1.807, 2.05) is 0 Å².